The number of methoxy groups -OCH3 is 5. The fraction of sp³-hybridized carbons (Fsp3) is 0.111. The van der Waals surface area contributed by atoms with Gasteiger partial charge in [-0.05, 0) is 152 Å². The third kappa shape index (κ3) is 8.23. The maximum absolute atomic E-state index is 13.4. The van der Waals surface area contributed by atoms with Crippen LogP contribution in [0, 0.1) is 0 Å². The van der Waals surface area contributed by atoms with Gasteiger partial charge in [-0.3, -0.25) is 4.79 Å². The Bertz CT molecular complexity index is 2740. The van der Waals surface area contributed by atoms with E-state index in [9.17, 15) is 9.59 Å². The molecule has 6 aromatic carbocycles. The van der Waals surface area contributed by atoms with E-state index in [0.717, 1.165) is 98.9 Å². The minimum atomic E-state index is -0.658. The first-order valence-electron chi connectivity index (χ1n) is 20.7. The molecule has 0 saturated carbocycles. The summed E-state index contributed by atoms with van der Waals surface area (Å²) in [5, 5.41) is 0. The quantitative estimate of drug-likeness (QED) is 0.0458. The fourth-order valence-electron chi connectivity index (χ4n) is 8.08. The van der Waals surface area contributed by atoms with Crippen molar-refractivity contribution in [1.82, 2.24) is 0 Å². The van der Waals surface area contributed by atoms with E-state index in [1.165, 1.54) is 14.0 Å². The number of fused-ring (bicyclic) bond motifs is 3. The zero-order chi connectivity index (χ0) is 45.2. The van der Waals surface area contributed by atoms with Gasteiger partial charge in [0.1, 0.15) is 28.6 Å². The second-order valence-electron chi connectivity index (χ2n) is 15.1. The number of nitrogens with zero attached hydrogens (tertiary/aromatic N) is 2. The summed E-state index contributed by atoms with van der Waals surface area (Å²) < 4.78 is 27.0. The van der Waals surface area contributed by atoms with Crippen LogP contribution in [0.15, 0.2) is 163 Å². The SMILES string of the molecule is COC(=O)C(C(C)=O)=C1c2cc(-c3ccc(N(c4ccc(OC)cc4)c4ccc(OC)cc4)cc3)sc2-c2sc(-c3ccc(N(c4ccc(OC)cc4)c4ccc(OC)cc4)cc3)cc21. The Balaban J connectivity index is 1.08. The zero-order valence-corrected chi connectivity index (χ0v) is 38.2. The first-order valence-corrected chi connectivity index (χ1v) is 22.3. The van der Waals surface area contributed by atoms with Gasteiger partial charge in [0.05, 0.1) is 45.3 Å². The molecule has 0 saturated heterocycles. The van der Waals surface area contributed by atoms with Crippen LogP contribution in [0.1, 0.15) is 18.1 Å². The molecule has 0 atom stereocenters. The van der Waals surface area contributed by atoms with Crippen LogP contribution >= 0.6 is 22.7 Å². The average Bonchev–Trinajstić information content (AvgIpc) is 4.06. The number of ether oxygens (including phenoxy) is 5. The molecule has 0 fully saturated rings. The van der Waals surface area contributed by atoms with Crippen LogP contribution in [-0.4, -0.2) is 47.3 Å². The van der Waals surface area contributed by atoms with Gasteiger partial charge in [0.25, 0.3) is 0 Å². The van der Waals surface area contributed by atoms with Crippen LogP contribution in [0.25, 0.3) is 36.2 Å². The first kappa shape index (κ1) is 42.7. The van der Waals surface area contributed by atoms with Crippen LogP contribution in [0.5, 0.6) is 23.0 Å². The van der Waals surface area contributed by atoms with Gasteiger partial charge in [0.15, 0.2) is 5.78 Å². The van der Waals surface area contributed by atoms with Crippen molar-refractivity contribution in [2.75, 3.05) is 45.3 Å². The predicted octanol–water partition coefficient (Wildman–Crippen LogP) is 13.7. The van der Waals surface area contributed by atoms with Crippen LogP contribution in [0.3, 0.4) is 0 Å². The summed E-state index contributed by atoms with van der Waals surface area (Å²) in [4.78, 5) is 35.1. The number of carbonyl (C=O) groups is 2. The van der Waals surface area contributed by atoms with E-state index in [1.54, 1.807) is 51.1 Å². The highest BCUT2D eigenvalue weighted by Gasteiger charge is 2.35. The van der Waals surface area contributed by atoms with Gasteiger partial charge in [-0.25, -0.2) is 4.79 Å². The van der Waals surface area contributed by atoms with Gasteiger partial charge >= 0.3 is 5.97 Å². The van der Waals surface area contributed by atoms with Gasteiger partial charge in [-0.2, -0.15) is 0 Å². The highest BCUT2D eigenvalue weighted by molar-refractivity contribution is 7.26. The molecule has 0 spiro atoms. The number of benzene rings is 6. The van der Waals surface area contributed by atoms with E-state index in [-0.39, 0.29) is 11.4 Å². The van der Waals surface area contributed by atoms with E-state index in [4.69, 9.17) is 23.7 Å². The summed E-state index contributed by atoms with van der Waals surface area (Å²) >= 11 is 3.29. The molecule has 0 N–H and O–H groups in total. The number of esters is 1. The average molecular weight is 897 g/mol. The lowest BCUT2D eigenvalue weighted by molar-refractivity contribution is -0.137. The number of hydrogen-bond acceptors (Lipinski definition) is 11. The summed E-state index contributed by atoms with van der Waals surface area (Å²) in [5.41, 5.74) is 10.1. The Hall–Kier alpha value is -7.60. The first-order chi connectivity index (χ1) is 31.7. The highest BCUT2D eigenvalue weighted by Crippen LogP contribution is 2.56. The Morgan fingerprint density at radius 3 is 0.938 bits per heavy atom. The summed E-state index contributed by atoms with van der Waals surface area (Å²) in [6.45, 7) is 1.42. The van der Waals surface area contributed by atoms with Crippen molar-refractivity contribution in [3.63, 3.8) is 0 Å². The van der Waals surface area contributed by atoms with Gasteiger partial charge in [-0.1, -0.05) is 24.3 Å². The molecular weight excluding hydrogens is 853 g/mol. The molecule has 0 amide bonds. The molecular formula is C54H44N2O7S2. The third-order valence-corrected chi connectivity index (χ3v) is 13.9. The van der Waals surface area contributed by atoms with Gasteiger partial charge < -0.3 is 33.5 Å². The molecule has 2 heterocycles. The second-order valence-corrected chi connectivity index (χ2v) is 17.2. The Morgan fingerprint density at radius 1 is 0.415 bits per heavy atom. The van der Waals surface area contributed by atoms with Crippen LogP contribution in [0.4, 0.5) is 34.1 Å². The van der Waals surface area contributed by atoms with Gasteiger partial charge in [0, 0.05) is 60.6 Å². The fourth-order valence-corrected chi connectivity index (χ4v) is 10.6. The minimum Gasteiger partial charge on any atom is -0.497 e. The Kier molecular flexibility index (Phi) is 12.0. The topological polar surface area (TPSA) is 86.8 Å². The Morgan fingerprint density at radius 2 is 0.692 bits per heavy atom. The molecule has 0 unspecified atom stereocenters. The Labute approximate surface area is 385 Å². The van der Waals surface area contributed by atoms with Crippen molar-refractivity contribution < 1.29 is 33.3 Å². The van der Waals surface area contributed by atoms with Gasteiger partial charge in [0.2, 0.25) is 0 Å². The summed E-state index contributed by atoms with van der Waals surface area (Å²) in [6, 6.07) is 52.8. The third-order valence-electron chi connectivity index (χ3n) is 11.3. The van der Waals surface area contributed by atoms with E-state index in [0.29, 0.717) is 5.57 Å². The van der Waals surface area contributed by atoms with Crippen LogP contribution in [0.2, 0.25) is 0 Å². The largest absolute Gasteiger partial charge is 0.497 e. The molecule has 9 rings (SSSR count). The maximum Gasteiger partial charge on any atom is 0.342 e. The molecule has 0 bridgehead atoms. The normalized spacial score (nSPS) is 11.3. The molecule has 2 aromatic heterocycles. The maximum atomic E-state index is 13.4. The van der Waals surface area contributed by atoms with Crippen molar-refractivity contribution >= 4 is 74.1 Å². The summed E-state index contributed by atoms with van der Waals surface area (Å²) in [5.74, 6) is 2.08. The number of carbonyl (C=O) groups excluding carboxylic acids is 2. The monoisotopic (exact) mass is 896 g/mol. The minimum absolute atomic E-state index is 0.0381. The molecule has 8 aromatic rings. The molecule has 1 aliphatic carbocycles. The number of thiophene rings is 2. The van der Waals surface area contributed by atoms with Gasteiger partial charge in [-0.15, -0.1) is 22.7 Å². The van der Waals surface area contributed by atoms with E-state index < -0.39 is 5.97 Å². The number of rotatable bonds is 14. The standard InChI is InChI=1S/C54H44N2O7S2/c1-33(57)50(54(58)63-6)51-46-31-48(34-7-11-36(12-8-34)55(38-15-23-42(59-2)24-16-38)39-17-25-43(60-3)26-18-39)64-52(46)53-47(51)32-49(65-53)35-9-13-37(14-10-35)56(40-19-27-44(61-4)28-20-40)41-21-29-45(62-5)30-22-41/h7-32H,1-6H3. The molecule has 9 nitrogen and oxygen atoms in total. The van der Waals surface area contributed by atoms with E-state index in [1.807, 2.05) is 97.1 Å². The number of ketones is 1. The van der Waals surface area contributed by atoms with Crippen molar-refractivity contribution in [2.24, 2.45) is 0 Å². The zero-order valence-electron chi connectivity index (χ0n) is 36.6. The predicted molar refractivity (Wildman–Crippen MR) is 263 cm³/mol. The number of anilines is 6. The smallest absolute Gasteiger partial charge is 0.342 e. The van der Waals surface area contributed by atoms with E-state index >= 15 is 0 Å². The van der Waals surface area contributed by atoms with Crippen LogP contribution in [-0.2, 0) is 14.3 Å². The van der Waals surface area contributed by atoms with Crippen molar-refractivity contribution in [3.8, 4) is 53.6 Å². The van der Waals surface area contributed by atoms with Crippen molar-refractivity contribution in [1.29, 1.82) is 0 Å². The summed E-state index contributed by atoms with van der Waals surface area (Å²) in [7, 11) is 7.94. The molecule has 1 aliphatic rings. The lowest BCUT2D eigenvalue weighted by Crippen LogP contribution is -2.14. The lowest BCUT2D eigenvalue weighted by atomic mass is 9.96. The molecule has 0 radical (unpaired) electrons. The molecule has 0 aliphatic heterocycles. The van der Waals surface area contributed by atoms with Crippen molar-refractivity contribution in [2.45, 2.75) is 6.92 Å². The summed E-state index contributed by atoms with van der Waals surface area (Å²) in [6.07, 6.45) is 0. The van der Waals surface area contributed by atoms with E-state index in [2.05, 4.69) is 70.5 Å². The highest BCUT2D eigenvalue weighted by atomic mass is 32.1. The molecule has 11 heteroatoms. The number of hydrogen-bond donors (Lipinski definition) is 0. The van der Waals surface area contributed by atoms with Crippen molar-refractivity contribution in [3.05, 3.63) is 174 Å². The molecule has 65 heavy (non-hydrogen) atoms. The molecule has 324 valence electrons. The lowest BCUT2D eigenvalue weighted by Gasteiger charge is -2.26. The van der Waals surface area contributed by atoms with Crippen LogP contribution < -0.4 is 28.7 Å². The number of Topliss-reactive ketones (excluding diaryl/α,β-unsaturated/α-hetero) is 1. The second kappa shape index (κ2) is 18.2.